The summed E-state index contributed by atoms with van der Waals surface area (Å²) in [5.74, 6) is -2.15. The van der Waals surface area contributed by atoms with E-state index in [4.69, 9.17) is 10.8 Å². The van der Waals surface area contributed by atoms with Crippen LogP contribution in [-0.4, -0.2) is 33.8 Å². The standard InChI is InChI=1S/C14H19FN2O3S/c1-14(2,21)11(13(19)20)17-12(18)10(16)7-8-3-5-9(15)6-4-8/h3-6,10-11,21H,7,16H2,1-2H3,(H,17,18)(H,19,20)/t10-,11-/m0/s1. The van der Waals surface area contributed by atoms with Crippen LogP contribution in [0.3, 0.4) is 0 Å². The third-order valence-corrected chi connectivity index (χ3v) is 3.20. The van der Waals surface area contributed by atoms with Gasteiger partial charge in [0.05, 0.1) is 6.04 Å². The van der Waals surface area contributed by atoms with Gasteiger partial charge >= 0.3 is 5.97 Å². The molecule has 4 N–H and O–H groups in total. The predicted molar refractivity (Wildman–Crippen MR) is 80.7 cm³/mol. The maximum Gasteiger partial charge on any atom is 0.327 e. The Labute approximate surface area is 128 Å². The van der Waals surface area contributed by atoms with Crippen molar-refractivity contribution in [3.63, 3.8) is 0 Å². The number of nitrogens with two attached hydrogens (primary N) is 1. The summed E-state index contributed by atoms with van der Waals surface area (Å²) in [4.78, 5) is 23.1. The molecular weight excluding hydrogens is 295 g/mol. The van der Waals surface area contributed by atoms with E-state index >= 15 is 0 Å². The molecule has 1 amide bonds. The fourth-order valence-corrected chi connectivity index (χ4v) is 1.93. The SMILES string of the molecule is CC(C)(S)[C@@H](NC(=O)[C@@H](N)Cc1ccc(F)cc1)C(=O)O. The topological polar surface area (TPSA) is 92.4 Å². The normalized spacial score (nSPS) is 14.3. The number of carbonyl (C=O) groups excluding carboxylic acids is 1. The second kappa shape index (κ2) is 6.91. The predicted octanol–water partition coefficient (Wildman–Crippen LogP) is 0.973. The minimum atomic E-state index is -1.18. The number of carbonyl (C=O) groups is 2. The zero-order valence-electron chi connectivity index (χ0n) is 11.8. The lowest BCUT2D eigenvalue weighted by Crippen LogP contribution is -2.55. The van der Waals surface area contributed by atoms with Crippen molar-refractivity contribution < 1.29 is 19.1 Å². The number of halogens is 1. The van der Waals surface area contributed by atoms with Gasteiger partial charge in [-0.25, -0.2) is 9.18 Å². The Morgan fingerprint density at radius 1 is 1.38 bits per heavy atom. The Balaban J connectivity index is 2.69. The number of hydrogen-bond donors (Lipinski definition) is 4. The van der Waals surface area contributed by atoms with Gasteiger partial charge in [0.25, 0.3) is 0 Å². The molecule has 0 saturated carbocycles. The van der Waals surface area contributed by atoms with E-state index in [0.29, 0.717) is 5.56 Å². The summed E-state index contributed by atoms with van der Waals surface area (Å²) in [5.41, 5.74) is 6.45. The third kappa shape index (κ3) is 5.35. The summed E-state index contributed by atoms with van der Waals surface area (Å²) in [6.07, 6.45) is 0.186. The average molecular weight is 314 g/mol. The lowest BCUT2D eigenvalue weighted by molar-refractivity contribution is -0.142. The van der Waals surface area contributed by atoms with E-state index in [1.807, 2.05) is 0 Å². The highest BCUT2D eigenvalue weighted by atomic mass is 32.1. The van der Waals surface area contributed by atoms with Gasteiger partial charge in [0.2, 0.25) is 5.91 Å². The number of carboxylic acid groups (broad SMARTS) is 1. The minimum absolute atomic E-state index is 0.186. The van der Waals surface area contributed by atoms with E-state index in [1.165, 1.54) is 24.3 Å². The molecule has 0 saturated heterocycles. The van der Waals surface area contributed by atoms with Crippen LogP contribution >= 0.6 is 12.6 Å². The van der Waals surface area contributed by atoms with Gasteiger partial charge in [0.1, 0.15) is 11.9 Å². The Kier molecular flexibility index (Phi) is 5.74. The molecule has 21 heavy (non-hydrogen) atoms. The van der Waals surface area contributed by atoms with Gasteiger partial charge in [-0.1, -0.05) is 12.1 Å². The number of hydrogen-bond acceptors (Lipinski definition) is 4. The maximum atomic E-state index is 12.8. The number of rotatable bonds is 6. The summed E-state index contributed by atoms with van der Waals surface area (Å²) in [6.45, 7) is 3.17. The Morgan fingerprint density at radius 2 is 1.90 bits per heavy atom. The first kappa shape index (κ1) is 17.5. The fraction of sp³-hybridized carbons (Fsp3) is 0.429. The zero-order chi connectivity index (χ0) is 16.2. The molecule has 1 rings (SSSR count). The Bertz CT molecular complexity index is 514. The van der Waals surface area contributed by atoms with Crippen LogP contribution in [-0.2, 0) is 16.0 Å². The second-order valence-corrected chi connectivity index (χ2v) is 6.52. The summed E-state index contributed by atoms with van der Waals surface area (Å²) in [5, 5.41) is 11.5. The maximum absolute atomic E-state index is 12.8. The summed E-state index contributed by atoms with van der Waals surface area (Å²) >= 11 is 4.16. The molecule has 116 valence electrons. The van der Waals surface area contributed by atoms with Gasteiger partial charge in [-0.05, 0) is 38.0 Å². The number of nitrogens with one attached hydrogen (secondary N) is 1. The molecule has 0 aliphatic heterocycles. The Morgan fingerprint density at radius 3 is 2.33 bits per heavy atom. The van der Waals surface area contributed by atoms with Crippen LogP contribution in [0.5, 0.6) is 0 Å². The van der Waals surface area contributed by atoms with E-state index in [0.717, 1.165) is 0 Å². The molecule has 1 aromatic rings. The highest BCUT2D eigenvalue weighted by Crippen LogP contribution is 2.18. The van der Waals surface area contributed by atoms with Crippen molar-refractivity contribution in [2.24, 2.45) is 5.73 Å². The van der Waals surface area contributed by atoms with Crippen LogP contribution < -0.4 is 11.1 Å². The quantitative estimate of drug-likeness (QED) is 0.589. The van der Waals surface area contributed by atoms with Crippen LogP contribution in [0.2, 0.25) is 0 Å². The molecule has 0 aromatic heterocycles. The zero-order valence-corrected chi connectivity index (χ0v) is 12.7. The molecule has 5 nitrogen and oxygen atoms in total. The van der Waals surface area contributed by atoms with Crippen molar-refractivity contribution in [3.8, 4) is 0 Å². The lowest BCUT2D eigenvalue weighted by Gasteiger charge is -2.28. The lowest BCUT2D eigenvalue weighted by atomic mass is 10.0. The highest BCUT2D eigenvalue weighted by Gasteiger charge is 2.34. The van der Waals surface area contributed by atoms with Crippen molar-refractivity contribution in [1.29, 1.82) is 0 Å². The smallest absolute Gasteiger partial charge is 0.327 e. The molecule has 0 unspecified atom stereocenters. The van der Waals surface area contributed by atoms with Crippen molar-refractivity contribution in [3.05, 3.63) is 35.6 Å². The minimum Gasteiger partial charge on any atom is -0.480 e. The van der Waals surface area contributed by atoms with Gasteiger partial charge < -0.3 is 16.2 Å². The largest absolute Gasteiger partial charge is 0.480 e. The molecule has 0 spiro atoms. The first-order valence-corrected chi connectivity index (χ1v) is 6.81. The molecule has 0 aliphatic carbocycles. The van der Waals surface area contributed by atoms with Crippen molar-refractivity contribution in [2.75, 3.05) is 0 Å². The van der Waals surface area contributed by atoms with E-state index < -0.39 is 28.7 Å². The van der Waals surface area contributed by atoms with Crippen LogP contribution in [0.25, 0.3) is 0 Å². The molecule has 0 radical (unpaired) electrons. The summed E-state index contributed by atoms with van der Waals surface area (Å²) in [7, 11) is 0. The van der Waals surface area contributed by atoms with Crippen LogP contribution in [0.4, 0.5) is 4.39 Å². The van der Waals surface area contributed by atoms with E-state index in [9.17, 15) is 14.0 Å². The van der Waals surface area contributed by atoms with Gasteiger partial charge in [-0.15, -0.1) is 0 Å². The molecule has 7 heteroatoms. The highest BCUT2D eigenvalue weighted by molar-refractivity contribution is 7.81. The van der Waals surface area contributed by atoms with Crippen molar-refractivity contribution in [2.45, 2.75) is 37.1 Å². The van der Waals surface area contributed by atoms with Crippen LogP contribution in [0.15, 0.2) is 24.3 Å². The van der Waals surface area contributed by atoms with E-state index in [-0.39, 0.29) is 12.2 Å². The average Bonchev–Trinajstić information content (AvgIpc) is 2.36. The van der Waals surface area contributed by atoms with Crippen LogP contribution in [0.1, 0.15) is 19.4 Å². The van der Waals surface area contributed by atoms with Crippen LogP contribution in [0, 0.1) is 5.82 Å². The first-order chi connectivity index (χ1) is 9.61. The Hall–Kier alpha value is -1.60. The fourth-order valence-electron chi connectivity index (χ4n) is 1.76. The molecular formula is C14H19FN2O3S. The van der Waals surface area contributed by atoms with E-state index in [1.54, 1.807) is 13.8 Å². The molecule has 2 atom stereocenters. The van der Waals surface area contributed by atoms with Gasteiger partial charge in [-0.3, -0.25) is 4.79 Å². The molecule has 0 aliphatic rings. The van der Waals surface area contributed by atoms with Gasteiger partial charge in [0.15, 0.2) is 0 Å². The molecule has 1 aromatic carbocycles. The molecule has 0 heterocycles. The number of carboxylic acids is 1. The van der Waals surface area contributed by atoms with Gasteiger partial charge in [0, 0.05) is 4.75 Å². The second-order valence-electron chi connectivity index (χ2n) is 5.37. The van der Waals surface area contributed by atoms with E-state index in [2.05, 4.69) is 17.9 Å². The molecule has 0 bridgehead atoms. The molecule has 0 fully saturated rings. The summed E-state index contributed by atoms with van der Waals surface area (Å²) in [6, 6.07) is 3.52. The number of aliphatic carboxylic acids is 1. The summed E-state index contributed by atoms with van der Waals surface area (Å²) < 4.78 is 11.9. The number of benzene rings is 1. The number of amides is 1. The third-order valence-electron chi connectivity index (χ3n) is 2.95. The van der Waals surface area contributed by atoms with Crippen molar-refractivity contribution >= 4 is 24.5 Å². The van der Waals surface area contributed by atoms with Crippen molar-refractivity contribution in [1.82, 2.24) is 5.32 Å². The monoisotopic (exact) mass is 314 g/mol. The van der Waals surface area contributed by atoms with Gasteiger partial charge in [-0.2, -0.15) is 12.6 Å². The number of thiol groups is 1. The first-order valence-electron chi connectivity index (χ1n) is 6.37.